The quantitative estimate of drug-likeness (QED) is 0.763. The molecular weight excluding hydrogens is 224 g/mol. The summed E-state index contributed by atoms with van der Waals surface area (Å²) in [5.74, 6) is 0. The number of anilines is 1. The number of carbonyl (C=O) groups is 1. The molecule has 0 bridgehead atoms. The fourth-order valence-corrected chi connectivity index (χ4v) is 2.09. The molecule has 0 radical (unpaired) electrons. The number of urea groups is 1. The lowest BCUT2D eigenvalue weighted by Gasteiger charge is -2.04. The standard InChI is InChI=1S/C10H12N4OS/c1-7-2-3-16-9(7)6-11-10(15)14-8-4-12-13-5-8/h2-5H,6H2,1H3,(H,12,13)(H2,11,14,15). The molecule has 3 N–H and O–H groups in total. The summed E-state index contributed by atoms with van der Waals surface area (Å²) in [4.78, 5) is 12.6. The third kappa shape index (κ3) is 2.60. The van der Waals surface area contributed by atoms with Gasteiger partial charge in [-0.2, -0.15) is 5.10 Å². The van der Waals surface area contributed by atoms with Crippen LogP contribution in [-0.4, -0.2) is 16.2 Å². The van der Waals surface area contributed by atoms with E-state index in [9.17, 15) is 4.79 Å². The maximum absolute atomic E-state index is 11.5. The second-order valence-electron chi connectivity index (χ2n) is 3.32. The van der Waals surface area contributed by atoms with Crippen molar-refractivity contribution in [3.63, 3.8) is 0 Å². The SMILES string of the molecule is Cc1ccsc1CNC(=O)Nc1cn[nH]c1. The van der Waals surface area contributed by atoms with E-state index in [0.717, 1.165) is 0 Å². The zero-order chi connectivity index (χ0) is 11.4. The minimum absolute atomic E-state index is 0.228. The van der Waals surface area contributed by atoms with Gasteiger partial charge in [0.2, 0.25) is 0 Å². The fourth-order valence-electron chi connectivity index (χ4n) is 1.24. The lowest BCUT2D eigenvalue weighted by Crippen LogP contribution is -2.27. The summed E-state index contributed by atoms with van der Waals surface area (Å²) < 4.78 is 0. The van der Waals surface area contributed by atoms with Gasteiger partial charge in [0.15, 0.2) is 0 Å². The molecule has 0 unspecified atom stereocenters. The minimum atomic E-state index is -0.228. The molecule has 0 saturated heterocycles. The number of aromatic amines is 1. The van der Waals surface area contributed by atoms with Crippen LogP contribution in [0.5, 0.6) is 0 Å². The van der Waals surface area contributed by atoms with Crippen molar-refractivity contribution in [3.8, 4) is 0 Å². The van der Waals surface area contributed by atoms with Gasteiger partial charge in [0.05, 0.1) is 18.4 Å². The van der Waals surface area contributed by atoms with Crippen LogP contribution in [-0.2, 0) is 6.54 Å². The van der Waals surface area contributed by atoms with Crippen molar-refractivity contribution in [2.45, 2.75) is 13.5 Å². The second kappa shape index (κ2) is 4.80. The number of rotatable bonds is 3. The van der Waals surface area contributed by atoms with Gasteiger partial charge < -0.3 is 10.6 Å². The van der Waals surface area contributed by atoms with Crippen LogP contribution in [0.25, 0.3) is 0 Å². The van der Waals surface area contributed by atoms with Crippen molar-refractivity contribution in [2.75, 3.05) is 5.32 Å². The molecule has 0 aromatic carbocycles. The summed E-state index contributed by atoms with van der Waals surface area (Å²) in [6.45, 7) is 2.58. The number of aryl methyl sites for hydroxylation is 1. The highest BCUT2D eigenvalue weighted by Gasteiger charge is 2.04. The van der Waals surface area contributed by atoms with Crippen LogP contribution in [0.2, 0.25) is 0 Å². The van der Waals surface area contributed by atoms with Gasteiger partial charge >= 0.3 is 6.03 Å². The Bertz CT molecular complexity index is 463. The van der Waals surface area contributed by atoms with Gasteiger partial charge in [-0.1, -0.05) is 0 Å². The average molecular weight is 236 g/mol. The van der Waals surface area contributed by atoms with Gasteiger partial charge in [-0.25, -0.2) is 4.79 Å². The molecule has 0 aliphatic carbocycles. The summed E-state index contributed by atoms with van der Waals surface area (Å²) in [5, 5.41) is 13.8. The van der Waals surface area contributed by atoms with E-state index in [1.807, 2.05) is 18.4 Å². The van der Waals surface area contributed by atoms with Crippen LogP contribution < -0.4 is 10.6 Å². The highest BCUT2D eigenvalue weighted by molar-refractivity contribution is 7.10. The molecule has 0 fully saturated rings. The molecule has 2 rings (SSSR count). The normalized spacial score (nSPS) is 10.1. The molecule has 2 heterocycles. The Morgan fingerprint density at radius 3 is 3.12 bits per heavy atom. The van der Waals surface area contributed by atoms with Gasteiger partial charge in [0.1, 0.15) is 0 Å². The van der Waals surface area contributed by atoms with Crippen LogP contribution in [0.1, 0.15) is 10.4 Å². The molecular formula is C10H12N4OS. The Labute approximate surface area is 96.9 Å². The first-order valence-electron chi connectivity index (χ1n) is 4.82. The Morgan fingerprint density at radius 1 is 1.62 bits per heavy atom. The molecule has 2 aromatic rings. The maximum atomic E-state index is 11.5. The number of aromatic nitrogens is 2. The van der Waals surface area contributed by atoms with Gasteiger partial charge in [-0.05, 0) is 23.9 Å². The van der Waals surface area contributed by atoms with Crippen molar-refractivity contribution in [2.24, 2.45) is 0 Å². The molecule has 0 atom stereocenters. The van der Waals surface area contributed by atoms with Crippen molar-refractivity contribution < 1.29 is 4.79 Å². The molecule has 0 aliphatic rings. The zero-order valence-electron chi connectivity index (χ0n) is 8.78. The summed E-state index contributed by atoms with van der Waals surface area (Å²) >= 11 is 1.64. The monoisotopic (exact) mass is 236 g/mol. The van der Waals surface area contributed by atoms with E-state index in [2.05, 4.69) is 20.8 Å². The predicted molar refractivity (Wildman–Crippen MR) is 63.5 cm³/mol. The molecule has 0 aliphatic heterocycles. The minimum Gasteiger partial charge on any atom is -0.333 e. The number of hydrogen-bond donors (Lipinski definition) is 3. The van der Waals surface area contributed by atoms with E-state index in [1.54, 1.807) is 23.7 Å². The van der Waals surface area contributed by atoms with Crippen molar-refractivity contribution >= 4 is 23.1 Å². The number of amides is 2. The first-order valence-corrected chi connectivity index (χ1v) is 5.70. The first kappa shape index (κ1) is 10.7. The molecule has 5 nitrogen and oxygen atoms in total. The fraction of sp³-hybridized carbons (Fsp3) is 0.200. The molecule has 84 valence electrons. The highest BCUT2D eigenvalue weighted by Crippen LogP contribution is 2.14. The first-order chi connectivity index (χ1) is 7.75. The van der Waals surface area contributed by atoms with E-state index < -0.39 is 0 Å². The number of nitrogens with zero attached hydrogens (tertiary/aromatic N) is 1. The summed E-state index contributed by atoms with van der Waals surface area (Å²) in [6, 6.07) is 1.81. The van der Waals surface area contributed by atoms with E-state index in [0.29, 0.717) is 12.2 Å². The molecule has 2 aromatic heterocycles. The van der Waals surface area contributed by atoms with E-state index in [-0.39, 0.29) is 6.03 Å². The van der Waals surface area contributed by atoms with Crippen LogP contribution >= 0.6 is 11.3 Å². The van der Waals surface area contributed by atoms with Crippen LogP contribution in [0.3, 0.4) is 0 Å². The summed E-state index contributed by atoms with van der Waals surface area (Å²) in [5.41, 5.74) is 1.86. The molecule has 0 spiro atoms. The number of carbonyl (C=O) groups excluding carboxylic acids is 1. The smallest absolute Gasteiger partial charge is 0.319 e. The summed E-state index contributed by atoms with van der Waals surface area (Å²) in [6.07, 6.45) is 3.17. The lowest BCUT2D eigenvalue weighted by molar-refractivity contribution is 0.252. The van der Waals surface area contributed by atoms with Crippen molar-refractivity contribution in [1.82, 2.24) is 15.5 Å². The van der Waals surface area contributed by atoms with Gasteiger partial charge in [0, 0.05) is 11.1 Å². The van der Waals surface area contributed by atoms with Crippen LogP contribution in [0.15, 0.2) is 23.8 Å². The van der Waals surface area contributed by atoms with E-state index in [4.69, 9.17) is 0 Å². The third-order valence-corrected chi connectivity index (χ3v) is 3.16. The Balaban J connectivity index is 1.82. The predicted octanol–water partition coefficient (Wildman–Crippen LogP) is 2.10. The lowest BCUT2D eigenvalue weighted by atomic mass is 10.3. The molecule has 6 heteroatoms. The van der Waals surface area contributed by atoms with E-state index >= 15 is 0 Å². The average Bonchev–Trinajstić information content (AvgIpc) is 2.87. The second-order valence-corrected chi connectivity index (χ2v) is 4.32. The maximum Gasteiger partial charge on any atom is 0.319 e. The van der Waals surface area contributed by atoms with Crippen LogP contribution in [0.4, 0.5) is 10.5 Å². The zero-order valence-corrected chi connectivity index (χ0v) is 9.60. The number of nitrogens with one attached hydrogen (secondary N) is 3. The topological polar surface area (TPSA) is 69.8 Å². The number of H-pyrrole nitrogens is 1. The highest BCUT2D eigenvalue weighted by atomic mass is 32.1. The number of hydrogen-bond acceptors (Lipinski definition) is 3. The van der Waals surface area contributed by atoms with Gasteiger partial charge in [-0.15, -0.1) is 11.3 Å². The molecule has 16 heavy (non-hydrogen) atoms. The Kier molecular flexibility index (Phi) is 3.21. The van der Waals surface area contributed by atoms with Gasteiger partial charge in [0.25, 0.3) is 0 Å². The largest absolute Gasteiger partial charge is 0.333 e. The van der Waals surface area contributed by atoms with E-state index in [1.165, 1.54) is 10.4 Å². The Hall–Kier alpha value is -1.82. The van der Waals surface area contributed by atoms with Gasteiger partial charge in [-0.3, -0.25) is 5.10 Å². The Morgan fingerprint density at radius 2 is 2.50 bits per heavy atom. The van der Waals surface area contributed by atoms with Crippen LogP contribution in [0, 0.1) is 6.92 Å². The molecule has 2 amide bonds. The van der Waals surface area contributed by atoms with Crippen molar-refractivity contribution in [3.05, 3.63) is 34.3 Å². The number of thiophene rings is 1. The van der Waals surface area contributed by atoms with Crippen molar-refractivity contribution in [1.29, 1.82) is 0 Å². The third-order valence-electron chi connectivity index (χ3n) is 2.13. The summed E-state index contributed by atoms with van der Waals surface area (Å²) in [7, 11) is 0. The molecule has 0 saturated carbocycles.